The van der Waals surface area contributed by atoms with E-state index >= 15 is 0 Å². The number of aromatic nitrogens is 2. The van der Waals surface area contributed by atoms with E-state index in [0.29, 0.717) is 24.4 Å². The first-order valence-electron chi connectivity index (χ1n) is 7.21. The van der Waals surface area contributed by atoms with E-state index in [9.17, 15) is 5.11 Å². The normalized spacial score (nSPS) is 20.6. The maximum absolute atomic E-state index is 9.19. The van der Waals surface area contributed by atoms with E-state index < -0.39 is 0 Å². The van der Waals surface area contributed by atoms with Crippen LogP contribution in [-0.2, 0) is 6.42 Å². The SMILES string of the molecule is CCCc1nc(NCCN2CCC[C@@H](CO)C2)no1. The molecule has 0 spiro atoms. The Labute approximate surface area is 114 Å². The maximum Gasteiger partial charge on any atom is 0.263 e. The van der Waals surface area contributed by atoms with Crippen LogP contribution in [0.3, 0.4) is 0 Å². The molecule has 0 amide bonds. The molecule has 6 heteroatoms. The van der Waals surface area contributed by atoms with Gasteiger partial charge in [0.2, 0.25) is 5.89 Å². The van der Waals surface area contributed by atoms with Crippen LogP contribution in [0, 0.1) is 5.92 Å². The van der Waals surface area contributed by atoms with Gasteiger partial charge in [0, 0.05) is 32.7 Å². The average molecular weight is 268 g/mol. The monoisotopic (exact) mass is 268 g/mol. The standard InChI is InChI=1S/C13H24N4O2/c1-2-4-12-15-13(16-19-12)14-6-8-17-7-3-5-11(9-17)10-18/h11,18H,2-10H2,1H3,(H,14,16)/t11-/m1/s1. The van der Waals surface area contributed by atoms with Crippen molar-refractivity contribution in [2.75, 3.05) is 38.1 Å². The van der Waals surface area contributed by atoms with Gasteiger partial charge in [-0.2, -0.15) is 4.98 Å². The average Bonchev–Trinajstić information content (AvgIpc) is 2.87. The van der Waals surface area contributed by atoms with Crippen LogP contribution in [0.4, 0.5) is 5.95 Å². The molecule has 1 aliphatic rings. The van der Waals surface area contributed by atoms with Gasteiger partial charge in [-0.05, 0) is 36.9 Å². The summed E-state index contributed by atoms with van der Waals surface area (Å²) in [6.45, 7) is 6.26. The van der Waals surface area contributed by atoms with Crippen LogP contribution >= 0.6 is 0 Å². The quantitative estimate of drug-likeness (QED) is 0.772. The van der Waals surface area contributed by atoms with Crippen molar-refractivity contribution in [1.82, 2.24) is 15.0 Å². The molecule has 2 N–H and O–H groups in total. The minimum absolute atomic E-state index is 0.301. The summed E-state index contributed by atoms with van der Waals surface area (Å²) in [4.78, 5) is 6.65. The summed E-state index contributed by atoms with van der Waals surface area (Å²) in [6.07, 6.45) is 4.16. The molecule has 1 fully saturated rings. The molecule has 1 atom stereocenters. The van der Waals surface area contributed by atoms with Gasteiger partial charge in [-0.25, -0.2) is 0 Å². The molecule has 1 aliphatic heterocycles. The van der Waals surface area contributed by atoms with Crippen molar-refractivity contribution in [2.45, 2.75) is 32.6 Å². The van der Waals surface area contributed by atoms with Crippen LogP contribution in [-0.4, -0.2) is 52.9 Å². The lowest BCUT2D eigenvalue weighted by atomic mass is 9.99. The zero-order chi connectivity index (χ0) is 13.5. The Bertz CT molecular complexity index is 369. The number of nitrogens with one attached hydrogen (secondary N) is 1. The van der Waals surface area contributed by atoms with E-state index in [-0.39, 0.29) is 0 Å². The third kappa shape index (κ3) is 4.47. The van der Waals surface area contributed by atoms with Crippen molar-refractivity contribution in [3.05, 3.63) is 5.89 Å². The van der Waals surface area contributed by atoms with Crippen LogP contribution < -0.4 is 5.32 Å². The molecule has 0 bridgehead atoms. The van der Waals surface area contributed by atoms with Gasteiger partial charge in [-0.3, -0.25) is 0 Å². The van der Waals surface area contributed by atoms with Crippen molar-refractivity contribution >= 4 is 5.95 Å². The predicted octanol–water partition coefficient (Wildman–Crippen LogP) is 1.14. The Morgan fingerprint density at radius 3 is 3.21 bits per heavy atom. The van der Waals surface area contributed by atoms with E-state index in [1.54, 1.807) is 0 Å². The second-order valence-corrected chi connectivity index (χ2v) is 5.18. The zero-order valence-electron chi connectivity index (χ0n) is 11.6. The molecule has 0 radical (unpaired) electrons. The number of rotatable bonds is 7. The van der Waals surface area contributed by atoms with E-state index in [2.05, 4.69) is 27.3 Å². The highest BCUT2D eigenvalue weighted by Gasteiger charge is 2.18. The summed E-state index contributed by atoms with van der Waals surface area (Å²) in [5.74, 6) is 1.72. The van der Waals surface area contributed by atoms with E-state index in [1.165, 1.54) is 6.42 Å². The molecule has 1 aromatic heterocycles. The molecule has 6 nitrogen and oxygen atoms in total. The summed E-state index contributed by atoms with van der Waals surface area (Å²) >= 11 is 0. The van der Waals surface area contributed by atoms with Crippen LogP contribution in [0.5, 0.6) is 0 Å². The minimum atomic E-state index is 0.301. The Morgan fingerprint density at radius 1 is 1.53 bits per heavy atom. The van der Waals surface area contributed by atoms with Gasteiger partial charge in [-0.1, -0.05) is 6.92 Å². The number of anilines is 1. The molecule has 108 valence electrons. The number of nitrogens with zero attached hydrogens (tertiary/aromatic N) is 3. The first-order chi connectivity index (χ1) is 9.31. The van der Waals surface area contributed by atoms with E-state index in [1.807, 2.05) is 0 Å². The molecule has 1 saturated heterocycles. The minimum Gasteiger partial charge on any atom is -0.396 e. The summed E-state index contributed by atoms with van der Waals surface area (Å²) in [7, 11) is 0. The number of hydrogen-bond acceptors (Lipinski definition) is 6. The van der Waals surface area contributed by atoms with Gasteiger partial charge in [0.05, 0.1) is 0 Å². The lowest BCUT2D eigenvalue weighted by Crippen LogP contribution is -2.39. The fourth-order valence-corrected chi connectivity index (χ4v) is 2.47. The van der Waals surface area contributed by atoms with Gasteiger partial charge in [0.25, 0.3) is 5.95 Å². The summed E-state index contributed by atoms with van der Waals surface area (Å²) in [5.41, 5.74) is 0. The van der Waals surface area contributed by atoms with Crippen LogP contribution in [0.25, 0.3) is 0 Å². The van der Waals surface area contributed by atoms with Crippen molar-refractivity contribution < 1.29 is 9.63 Å². The largest absolute Gasteiger partial charge is 0.396 e. The van der Waals surface area contributed by atoms with E-state index in [4.69, 9.17) is 4.52 Å². The highest BCUT2D eigenvalue weighted by Crippen LogP contribution is 2.15. The third-order valence-corrected chi connectivity index (χ3v) is 3.50. The predicted molar refractivity (Wildman–Crippen MR) is 73.0 cm³/mol. The second-order valence-electron chi connectivity index (χ2n) is 5.18. The number of aliphatic hydroxyl groups is 1. The van der Waals surface area contributed by atoms with Crippen molar-refractivity contribution in [3.63, 3.8) is 0 Å². The van der Waals surface area contributed by atoms with Gasteiger partial charge in [0.15, 0.2) is 0 Å². The molecule has 0 saturated carbocycles. The zero-order valence-corrected chi connectivity index (χ0v) is 11.6. The smallest absolute Gasteiger partial charge is 0.263 e. The number of hydrogen-bond donors (Lipinski definition) is 2. The lowest BCUT2D eigenvalue weighted by molar-refractivity contribution is 0.123. The van der Waals surface area contributed by atoms with Crippen LogP contribution in [0.1, 0.15) is 32.1 Å². The molecule has 1 aromatic rings. The molecule has 19 heavy (non-hydrogen) atoms. The highest BCUT2D eigenvalue weighted by atomic mass is 16.5. The van der Waals surface area contributed by atoms with E-state index in [0.717, 1.165) is 45.4 Å². The molecule has 0 aromatic carbocycles. The van der Waals surface area contributed by atoms with Gasteiger partial charge in [-0.15, -0.1) is 0 Å². The maximum atomic E-state index is 9.19. The van der Waals surface area contributed by atoms with Crippen molar-refractivity contribution in [2.24, 2.45) is 5.92 Å². The number of aryl methyl sites for hydroxylation is 1. The Hall–Kier alpha value is -1.14. The second kappa shape index (κ2) is 7.45. The Kier molecular flexibility index (Phi) is 5.60. The van der Waals surface area contributed by atoms with Gasteiger partial charge >= 0.3 is 0 Å². The molecule has 2 heterocycles. The van der Waals surface area contributed by atoms with Crippen molar-refractivity contribution in [3.8, 4) is 0 Å². The number of piperidine rings is 1. The lowest BCUT2D eigenvalue weighted by Gasteiger charge is -2.31. The molecule has 0 aliphatic carbocycles. The summed E-state index contributed by atoms with van der Waals surface area (Å²) in [5, 5.41) is 16.3. The number of likely N-dealkylation sites (tertiary alicyclic amines) is 1. The van der Waals surface area contributed by atoms with Gasteiger partial charge < -0.3 is 19.8 Å². The Balaban J connectivity index is 1.67. The highest BCUT2D eigenvalue weighted by molar-refractivity contribution is 5.20. The molecular formula is C13H24N4O2. The number of aliphatic hydroxyl groups excluding tert-OH is 1. The molecule has 2 rings (SSSR count). The fraction of sp³-hybridized carbons (Fsp3) is 0.846. The molecule has 0 unspecified atom stereocenters. The molecular weight excluding hydrogens is 244 g/mol. The Morgan fingerprint density at radius 2 is 2.42 bits per heavy atom. The summed E-state index contributed by atoms with van der Waals surface area (Å²) < 4.78 is 5.11. The summed E-state index contributed by atoms with van der Waals surface area (Å²) in [6, 6.07) is 0. The van der Waals surface area contributed by atoms with Crippen LogP contribution in [0.2, 0.25) is 0 Å². The van der Waals surface area contributed by atoms with Crippen LogP contribution in [0.15, 0.2) is 4.52 Å². The van der Waals surface area contributed by atoms with Gasteiger partial charge in [0.1, 0.15) is 0 Å². The third-order valence-electron chi connectivity index (χ3n) is 3.50. The first-order valence-corrected chi connectivity index (χ1v) is 7.21. The van der Waals surface area contributed by atoms with Crippen molar-refractivity contribution in [1.29, 1.82) is 0 Å². The topological polar surface area (TPSA) is 74.4 Å². The first kappa shape index (κ1) is 14.3. The fourth-order valence-electron chi connectivity index (χ4n) is 2.47.